The number of nitrogens with zero attached hydrogens (tertiary/aromatic N) is 2. The van der Waals surface area contributed by atoms with Crippen LogP contribution in [-0.4, -0.2) is 38.7 Å². The number of nitrogens with one attached hydrogen (secondary N) is 1. The van der Waals surface area contributed by atoms with Crippen molar-refractivity contribution in [3.05, 3.63) is 46.3 Å². The molecule has 0 spiro atoms. The van der Waals surface area contributed by atoms with E-state index in [1.54, 1.807) is 11.6 Å². The standard InChI is InChI=1S/C22H23N3O3S3/c26-19(24-21-23-11-13-30-21)10-12-25-20(27)18(31-22(25)29)14-15-6-8-17(9-7-15)28-16-4-2-1-3-5-16/h6-9,11,13-14,16H,1-5,10,12H2,(H,23,24,26)/b18-14-. The number of amides is 2. The molecular weight excluding hydrogens is 450 g/mol. The van der Waals surface area contributed by atoms with Crippen LogP contribution in [0.1, 0.15) is 44.1 Å². The third-order valence-electron chi connectivity index (χ3n) is 5.15. The maximum atomic E-state index is 12.8. The van der Waals surface area contributed by atoms with Crippen molar-refractivity contribution < 1.29 is 14.3 Å². The van der Waals surface area contributed by atoms with Gasteiger partial charge in [-0.25, -0.2) is 4.98 Å². The van der Waals surface area contributed by atoms with Crippen LogP contribution in [0.25, 0.3) is 6.08 Å². The molecule has 31 heavy (non-hydrogen) atoms. The molecule has 9 heteroatoms. The van der Waals surface area contributed by atoms with Crippen molar-refractivity contribution in [2.45, 2.75) is 44.6 Å². The summed E-state index contributed by atoms with van der Waals surface area (Å²) in [5.41, 5.74) is 0.915. The Morgan fingerprint density at radius 1 is 1.26 bits per heavy atom. The van der Waals surface area contributed by atoms with Crippen LogP contribution < -0.4 is 10.1 Å². The Hall–Kier alpha value is -2.23. The van der Waals surface area contributed by atoms with E-state index in [9.17, 15) is 9.59 Å². The summed E-state index contributed by atoms with van der Waals surface area (Å²) in [6, 6.07) is 7.80. The maximum absolute atomic E-state index is 12.8. The van der Waals surface area contributed by atoms with E-state index >= 15 is 0 Å². The lowest BCUT2D eigenvalue weighted by Crippen LogP contribution is -2.31. The predicted molar refractivity (Wildman–Crippen MR) is 129 cm³/mol. The van der Waals surface area contributed by atoms with Gasteiger partial charge in [-0.3, -0.25) is 14.5 Å². The van der Waals surface area contributed by atoms with Crippen LogP contribution in [0, 0.1) is 0 Å². The van der Waals surface area contributed by atoms with Gasteiger partial charge in [-0.05, 0) is 49.5 Å². The highest BCUT2D eigenvalue weighted by Gasteiger charge is 2.32. The van der Waals surface area contributed by atoms with Gasteiger partial charge in [-0.1, -0.05) is 42.5 Å². The molecule has 1 aliphatic carbocycles. The zero-order valence-electron chi connectivity index (χ0n) is 16.9. The number of carbonyl (C=O) groups is 2. The van der Waals surface area contributed by atoms with Gasteiger partial charge in [0.15, 0.2) is 5.13 Å². The quantitative estimate of drug-likeness (QED) is 0.446. The normalized spacial score (nSPS) is 18.6. The van der Waals surface area contributed by atoms with Crippen molar-refractivity contribution in [3.63, 3.8) is 0 Å². The summed E-state index contributed by atoms with van der Waals surface area (Å²) in [7, 11) is 0. The minimum atomic E-state index is -0.193. The molecule has 1 aromatic heterocycles. The van der Waals surface area contributed by atoms with Gasteiger partial charge in [0.2, 0.25) is 5.91 Å². The molecule has 0 radical (unpaired) electrons. The molecule has 2 aromatic rings. The van der Waals surface area contributed by atoms with Crippen molar-refractivity contribution in [2.24, 2.45) is 0 Å². The largest absolute Gasteiger partial charge is 0.490 e. The number of rotatable bonds is 7. The average Bonchev–Trinajstić information content (AvgIpc) is 3.37. The molecule has 2 heterocycles. The Morgan fingerprint density at radius 3 is 2.74 bits per heavy atom. The second-order valence-corrected chi connectivity index (χ2v) is 9.99. The van der Waals surface area contributed by atoms with E-state index < -0.39 is 0 Å². The van der Waals surface area contributed by atoms with Crippen LogP contribution >= 0.6 is 35.3 Å². The van der Waals surface area contributed by atoms with E-state index in [0.717, 1.165) is 24.2 Å². The van der Waals surface area contributed by atoms with E-state index in [1.165, 1.54) is 47.3 Å². The SMILES string of the molecule is O=C(CCN1C(=O)/C(=C/c2ccc(OC3CCCCC3)cc2)SC1=S)Nc1nccs1. The summed E-state index contributed by atoms with van der Waals surface area (Å²) in [5, 5.41) is 5.05. The van der Waals surface area contributed by atoms with Gasteiger partial charge in [-0.2, -0.15) is 0 Å². The number of hydrogen-bond acceptors (Lipinski definition) is 7. The zero-order valence-corrected chi connectivity index (χ0v) is 19.4. The summed E-state index contributed by atoms with van der Waals surface area (Å²) in [6.07, 6.45) is 9.93. The lowest BCUT2D eigenvalue weighted by molar-refractivity contribution is -0.122. The summed E-state index contributed by atoms with van der Waals surface area (Å²) < 4.78 is 6.53. The summed E-state index contributed by atoms with van der Waals surface area (Å²) >= 11 is 7.97. The topological polar surface area (TPSA) is 71.5 Å². The molecular formula is C22H23N3O3S3. The third-order valence-corrected chi connectivity index (χ3v) is 7.21. The van der Waals surface area contributed by atoms with Gasteiger partial charge >= 0.3 is 0 Å². The first-order valence-corrected chi connectivity index (χ1v) is 12.4. The van der Waals surface area contributed by atoms with Crippen LogP contribution in [-0.2, 0) is 9.59 Å². The first-order valence-electron chi connectivity index (χ1n) is 10.3. The number of ether oxygens (including phenoxy) is 1. The zero-order chi connectivity index (χ0) is 21.6. The molecule has 1 saturated carbocycles. The predicted octanol–water partition coefficient (Wildman–Crippen LogP) is 5.08. The first kappa shape index (κ1) is 22.0. The molecule has 2 aliphatic rings. The summed E-state index contributed by atoms with van der Waals surface area (Å²) in [4.78, 5) is 30.9. The van der Waals surface area contributed by atoms with Gasteiger partial charge in [0.25, 0.3) is 5.91 Å². The molecule has 0 atom stereocenters. The lowest BCUT2D eigenvalue weighted by Gasteiger charge is -2.22. The number of anilines is 1. The molecule has 2 amide bonds. The number of carbonyl (C=O) groups excluding carboxylic acids is 2. The number of benzene rings is 1. The number of thiocarbonyl (C=S) groups is 1. The maximum Gasteiger partial charge on any atom is 0.266 e. The Bertz CT molecular complexity index is 968. The van der Waals surface area contributed by atoms with E-state index in [2.05, 4.69) is 10.3 Å². The van der Waals surface area contributed by atoms with Gasteiger partial charge in [0, 0.05) is 24.5 Å². The van der Waals surface area contributed by atoms with E-state index in [1.807, 2.05) is 30.3 Å². The monoisotopic (exact) mass is 473 g/mol. The average molecular weight is 474 g/mol. The molecule has 1 aromatic carbocycles. The molecule has 1 saturated heterocycles. The van der Waals surface area contributed by atoms with Crippen molar-refractivity contribution in [2.75, 3.05) is 11.9 Å². The lowest BCUT2D eigenvalue weighted by atomic mass is 9.98. The van der Waals surface area contributed by atoms with Crippen LogP contribution in [0.5, 0.6) is 5.75 Å². The van der Waals surface area contributed by atoms with Crippen molar-refractivity contribution >= 4 is 62.7 Å². The number of aromatic nitrogens is 1. The fraction of sp³-hybridized carbons (Fsp3) is 0.364. The smallest absolute Gasteiger partial charge is 0.266 e. The number of thioether (sulfide) groups is 1. The Labute approximate surface area is 195 Å². The molecule has 4 rings (SSSR count). The molecule has 6 nitrogen and oxygen atoms in total. The minimum absolute atomic E-state index is 0.159. The van der Waals surface area contributed by atoms with Gasteiger partial charge < -0.3 is 10.1 Å². The third kappa shape index (κ3) is 5.93. The highest BCUT2D eigenvalue weighted by molar-refractivity contribution is 8.26. The Kier molecular flexibility index (Phi) is 7.37. The van der Waals surface area contributed by atoms with Crippen LogP contribution in [0.4, 0.5) is 5.13 Å². The second kappa shape index (κ2) is 10.4. The number of hydrogen-bond donors (Lipinski definition) is 1. The van der Waals surface area contributed by atoms with Gasteiger partial charge in [0.1, 0.15) is 10.1 Å². The van der Waals surface area contributed by atoms with Crippen LogP contribution in [0.15, 0.2) is 40.7 Å². The minimum Gasteiger partial charge on any atom is -0.490 e. The molecule has 2 fully saturated rings. The van der Waals surface area contributed by atoms with Crippen molar-refractivity contribution in [3.8, 4) is 5.75 Å². The van der Waals surface area contributed by atoms with Crippen LogP contribution in [0.3, 0.4) is 0 Å². The molecule has 0 bridgehead atoms. The number of thiazole rings is 1. The fourth-order valence-corrected chi connectivity index (χ4v) is 5.40. The summed E-state index contributed by atoms with van der Waals surface area (Å²) in [6.45, 7) is 0.243. The van der Waals surface area contributed by atoms with Gasteiger partial charge in [0.05, 0.1) is 11.0 Å². The molecule has 1 aliphatic heterocycles. The van der Waals surface area contributed by atoms with Crippen molar-refractivity contribution in [1.29, 1.82) is 0 Å². The highest BCUT2D eigenvalue weighted by Crippen LogP contribution is 2.33. The Balaban J connectivity index is 1.32. The van der Waals surface area contributed by atoms with Crippen LogP contribution in [0.2, 0.25) is 0 Å². The Morgan fingerprint density at radius 2 is 2.03 bits per heavy atom. The molecule has 1 N–H and O–H groups in total. The van der Waals surface area contributed by atoms with E-state index in [0.29, 0.717) is 20.5 Å². The molecule has 0 unspecified atom stereocenters. The molecule has 162 valence electrons. The first-order chi connectivity index (χ1) is 15.1. The summed E-state index contributed by atoms with van der Waals surface area (Å²) in [5.74, 6) is 0.504. The fourth-order valence-electron chi connectivity index (χ4n) is 3.54. The van der Waals surface area contributed by atoms with E-state index in [4.69, 9.17) is 17.0 Å². The van der Waals surface area contributed by atoms with E-state index in [-0.39, 0.29) is 24.8 Å². The van der Waals surface area contributed by atoms with Crippen molar-refractivity contribution in [1.82, 2.24) is 9.88 Å². The van der Waals surface area contributed by atoms with Gasteiger partial charge in [-0.15, -0.1) is 11.3 Å². The second-order valence-electron chi connectivity index (χ2n) is 7.42. The highest BCUT2D eigenvalue weighted by atomic mass is 32.2.